The minimum Gasteiger partial charge on any atom is -0.461 e. The fourth-order valence-corrected chi connectivity index (χ4v) is 2.58. The van der Waals surface area contributed by atoms with Crippen LogP contribution in [0.2, 0.25) is 0 Å². The number of rotatable bonds is 13. The van der Waals surface area contributed by atoms with E-state index in [1.807, 2.05) is 0 Å². The summed E-state index contributed by atoms with van der Waals surface area (Å²) in [5.41, 5.74) is 0.285. The van der Waals surface area contributed by atoms with Gasteiger partial charge in [-0.3, -0.25) is 10.1 Å². The highest BCUT2D eigenvalue weighted by Crippen LogP contribution is 2.12. The zero-order chi connectivity index (χ0) is 18.5. The Labute approximate surface area is 150 Å². The van der Waals surface area contributed by atoms with Gasteiger partial charge in [-0.15, -0.1) is 0 Å². The van der Waals surface area contributed by atoms with Crippen molar-refractivity contribution in [3.63, 3.8) is 0 Å². The van der Waals surface area contributed by atoms with Gasteiger partial charge in [0.1, 0.15) is 6.61 Å². The molecule has 0 fully saturated rings. The van der Waals surface area contributed by atoms with Crippen LogP contribution in [0.25, 0.3) is 0 Å². The average molecular weight is 350 g/mol. The molecular formula is C19H30N2O4. The van der Waals surface area contributed by atoms with Gasteiger partial charge in [-0.2, -0.15) is 0 Å². The predicted molar refractivity (Wildman–Crippen MR) is 98.8 cm³/mol. The maximum Gasteiger partial charge on any atom is 0.338 e. The van der Waals surface area contributed by atoms with E-state index in [1.54, 1.807) is 0 Å². The maximum absolute atomic E-state index is 11.8. The third-order valence-corrected chi connectivity index (χ3v) is 4.13. The van der Waals surface area contributed by atoms with Gasteiger partial charge in [-0.05, 0) is 25.5 Å². The third-order valence-electron chi connectivity index (χ3n) is 4.13. The number of ether oxygens (including phenoxy) is 1. The predicted octanol–water partition coefficient (Wildman–Crippen LogP) is 4.48. The van der Waals surface area contributed by atoms with Crippen LogP contribution in [0.1, 0.15) is 69.2 Å². The first-order valence-electron chi connectivity index (χ1n) is 9.19. The summed E-state index contributed by atoms with van der Waals surface area (Å²) in [6.07, 6.45) is 8.87. The van der Waals surface area contributed by atoms with E-state index in [2.05, 4.69) is 19.2 Å². The fraction of sp³-hybridized carbons (Fsp3) is 0.632. The van der Waals surface area contributed by atoms with E-state index in [1.165, 1.54) is 62.8 Å². The monoisotopic (exact) mass is 350 g/mol. The van der Waals surface area contributed by atoms with Gasteiger partial charge in [-0.1, -0.05) is 45.4 Å². The number of nitro groups is 1. The molecule has 1 aromatic carbocycles. The van der Waals surface area contributed by atoms with Crippen molar-refractivity contribution in [2.45, 2.75) is 64.8 Å². The number of unbranched alkanes of at least 4 members (excludes halogenated alkanes) is 5. The number of esters is 1. The second-order valence-corrected chi connectivity index (χ2v) is 6.35. The van der Waals surface area contributed by atoms with E-state index in [0.29, 0.717) is 18.2 Å². The first-order chi connectivity index (χ1) is 12.0. The Bertz CT molecular complexity index is 517. The minimum atomic E-state index is -0.496. The highest BCUT2D eigenvalue weighted by Gasteiger charge is 2.10. The SMILES string of the molecule is CCCCCCCC[C@H](C)NCCOC(=O)c1ccc([N+](=O)[O-])cc1. The summed E-state index contributed by atoms with van der Waals surface area (Å²) >= 11 is 0. The average Bonchev–Trinajstić information content (AvgIpc) is 2.61. The quantitative estimate of drug-likeness (QED) is 0.245. The summed E-state index contributed by atoms with van der Waals surface area (Å²) in [5, 5.41) is 13.9. The van der Waals surface area contributed by atoms with Crippen molar-refractivity contribution >= 4 is 11.7 Å². The van der Waals surface area contributed by atoms with E-state index in [0.717, 1.165) is 6.42 Å². The zero-order valence-corrected chi connectivity index (χ0v) is 15.3. The van der Waals surface area contributed by atoms with Gasteiger partial charge < -0.3 is 10.1 Å². The molecule has 0 unspecified atom stereocenters. The molecule has 140 valence electrons. The Morgan fingerprint density at radius 1 is 1.16 bits per heavy atom. The summed E-state index contributed by atoms with van der Waals surface area (Å²) in [5.74, 6) is -0.458. The third kappa shape index (κ3) is 9.19. The van der Waals surface area contributed by atoms with E-state index in [-0.39, 0.29) is 12.3 Å². The van der Waals surface area contributed by atoms with Gasteiger partial charge in [0.25, 0.3) is 5.69 Å². The number of benzene rings is 1. The van der Waals surface area contributed by atoms with Gasteiger partial charge in [0.15, 0.2) is 0 Å². The van der Waals surface area contributed by atoms with Crippen LogP contribution >= 0.6 is 0 Å². The summed E-state index contributed by atoms with van der Waals surface area (Å²) in [6, 6.07) is 5.84. The molecule has 0 amide bonds. The van der Waals surface area contributed by atoms with Gasteiger partial charge >= 0.3 is 5.97 Å². The lowest BCUT2D eigenvalue weighted by molar-refractivity contribution is -0.384. The van der Waals surface area contributed by atoms with E-state index < -0.39 is 10.9 Å². The van der Waals surface area contributed by atoms with Gasteiger partial charge in [0.05, 0.1) is 10.5 Å². The number of nitro benzene ring substituents is 1. The Hall–Kier alpha value is -1.95. The van der Waals surface area contributed by atoms with Crippen molar-refractivity contribution in [1.82, 2.24) is 5.32 Å². The largest absolute Gasteiger partial charge is 0.461 e. The molecule has 1 aromatic rings. The number of nitrogens with one attached hydrogen (secondary N) is 1. The molecule has 1 N–H and O–H groups in total. The minimum absolute atomic E-state index is 0.0401. The topological polar surface area (TPSA) is 81.5 Å². The highest BCUT2D eigenvalue weighted by molar-refractivity contribution is 5.89. The van der Waals surface area contributed by atoms with Crippen LogP contribution in [0.4, 0.5) is 5.69 Å². The van der Waals surface area contributed by atoms with Crippen LogP contribution < -0.4 is 5.32 Å². The van der Waals surface area contributed by atoms with E-state index in [4.69, 9.17) is 4.74 Å². The molecule has 6 heteroatoms. The number of carbonyl (C=O) groups excluding carboxylic acids is 1. The lowest BCUT2D eigenvalue weighted by Gasteiger charge is -2.13. The number of hydrogen-bond acceptors (Lipinski definition) is 5. The molecule has 0 radical (unpaired) electrons. The van der Waals surface area contributed by atoms with Crippen LogP contribution in [0.15, 0.2) is 24.3 Å². The van der Waals surface area contributed by atoms with Crippen molar-refractivity contribution in [2.75, 3.05) is 13.2 Å². The molecule has 0 bridgehead atoms. The number of hydrogen-bond donors (Lipinski definition) is 1. The van der Waals surface area contributed by atoms with Crippen molar-refractivity contribution in [2.24, 2.45) is 0 Å². The van der Waals surface area contributed by atoms with E-state index >= 15 is 0 Å². The van der Waals surface area contributed by atoms with Gasteiger partial charge in [0.2, 0.25) is 0 Å². The summed E-state index contributed by atoms with van der Waals surface area (Å²) in [4.78, 5) is 21.9. The Morgan fingerprint density at radius 2 is 1.80 bits per heavy atom. The maximum atomic E-state index is 11.8. The van der Waals surface area contributed by atoms with Crippen molar-refractivity contribution in [3.8, 4) is 0 Å². The molecule has 0 aliphatic rings. The number of carbonyl (C=O) groups is 1. The van der Waals surface area contributed by atoms with E-state index in [9.17, 15) is 14.9 Å². The first kappa shape index (κ1) is 21.1. The Kier molecular flexibility index (Phi) is 10.5. The number of non-ortho nitro benzene ring substituents is 1. The van der Waals surface area contributed by atoms with Crippen LogP contribution in [-0.2, 0) is 4.74 Å². The lowest BCUT2D eigenvalue weighted by atomic mass is 10.1. The molecule has 25 heavy (non-hydrogen) atoms. The van der Waals surface area contributed by atoms with Crippen LogP contribution in [0.3, 0.4) is 0 Å². The summed E-state index contributed by atoms with van der Waals surface area (Å²) in [7, 11) is 0. The molecule has 0 spiro atoms. The second kappa shape index (κ2) is 12.4. The Balaban J connectivity index is 2.11. The molecule has 1 atom stereocenters. The summed E-state index contributed by atoms with van der Waals surface area (Å²) in [6.45, 7) is 5.26. The first-order valence-corrected chi connectivity index (χ1v) is 9.19. The molecule has 0 aliphatic heterocycles. The van der Waals surface area contributed by atoms with Crippen molar-refractivity contribution in [3.05, 3.63) is 39.9 Å². The summed E-state index contributed by atoms with van der Waals surface area (Å²) < 4.78 is 5.18. The molecular weight excluding hydrogens is 320 g/mol. The number of nitrogens with zero attached hydrogens (tertiary/aromatic N) is 1. The molecule has 0 aliphatic carbocycles. The lowest BCUT2D eigenvalue weighted by Crippen LogP contribution is -2.30. The Morgan fingerprint density at radius 3 is 2.44 bits per heavy atom. The van der Waals surface area contributed by atoms with Crippen LogP contribution in [0.5, 0.6) is 0 Å². The normalized spacial score (nSPS) is 11.9. The van der Waals surface area contributed by atoms with Crippen molar-refractivity contribution < 1.29 is 14.5 Å². The standard InChI is InChI=1S/C19H30N2O4/c1-3-4-5-6-7-8-9-16(2)20-14-15-25-19(22)17-10-12-18(13-11-17)21(23)24/h10-13,16,20H,3-9,14-15H2,1-2H3/t16-/m0/s1. The molecule has 0 saturated carbocycles. The van der Waals surface area contributed by atoms with Gasteiger partial charge in [0, 0.05) is 24.7 Å². The second-order valence-electron chi connectivity index (χ2n) is 6.35. The smallest absolute Gasteiger partial charge is 0.338 e. The van der Waals surface area contributed by atoms with Gasteiger partial charge in [-0.25, -0.2) is 4.79 Å². The van der Waals surface area contributed by atoms with Crippen LogP contribution in [-0.4, -0.2) is 30.1 Å². The molecule has 1 rings (SSSR count). The van der Waals surface area contributed by atoms with Crippen molar-refractivity contribution in [1.29, 1.82) is 0 Å². The molecule has 0 saturated heterocycles. The zero-order valence-electron chi connectivity index (χ0n) is 15.3. The van der Waals surface area contributed by atoms with Crippen LogP contribution in [0, 0.1) is 10.1 Å². The highest BCUT2D eigenvalue weighted by atomic mass is 16.6. The molecule has 0 aromatic heterocycles. The molecule has 0 heterocycles. The molecule has 6 nitrogen and oxygen atoms in total. The fourth-order valence-electron chi connectivity index (χ4n) is 2.58.